The van der Waals surface area contributed by atoms with E-state index in [1.54, 1.807) is 12.1 Å². The van der Waals surface area contributed by atoms with Crippen LogP contribution in [0.25, 0.3) is 0 Å². The predicted molar refractivity (Wildman–Crippen MR) is 61.6 cm³/mol. The molecule has 5 heteroatoms. The highest BCUT2D eigenvalue weighted by atomic mass is 35.5. The first-order valence-corrected chi connectivity index (χ1v) is 4.85. The number of halogens is 1. The van der Waals surface area contributed by atoms with Crippen LogP contribution in [0.3, 0.4) is 0 Å². The van der Waals surface area contributed by atoms with Gasteiger partial charge in [-0.25, -0.2) is 4.79 Å². The van der Waals surface area contributed by atoms with Crippen LogP contribution in [0, 0.1) is 6.92 Å². The molecule has 16 heavy (non-hydrogen) atoms. The predicted octanol–water partition coefficient (Wildman–Crippen LogP) is 2.23. The molecule has 0 bridgehead atoms. The average molecular weight is 240 g/mol. The molecular weight excluding hydrogens is 230 g/mol. The zero-order valence-electron chi connectivity index (χ0n) is 8.53. The SMILES string of the molecule is Cc1ccc(Cl)c(NC(=O)/C=C/C(=O)O)c1. The quantitative estimate of drug-likeness (QED) is 0.795. The molecular formula is C11H10ClNO3. The van der Waals surface area contributed by atoms with Gasteiger partial charge in [-0.1, -0.05) is 17.7 Å². The third kappa shape index (κ3) is 3.74. The summed E-state index contributed by atoms with van der Waals surface area (Å²) in [7, 11) is 0. The number of hydrogen-bond donors (Lipinski definition) is 2. The molecule has 1 amide bonds. The standard InChI is InChI=1S/C11H10ClNO3/c1-7-2-3-8(12)9(6-7)13-10(14)4-5-11(15)16/h2-6H,1H3,(H,13,14)(H,15,16)/b5-4+. The Hall–Kier alpha value is -1.81. The fraction of sp³-hybridized carbons (Fsp3) is 0.0909. The molecule has 0 radical (unpaired) electrons. The third-order valence-electron chi connectivity index (χ3n) is 1.76. The fourth-order valence-electron chi connectivity index (χ4n) is 1.06. The van der Waals surface area contributed by atoms with E-state index in [0.29, 0.717) is 10.7 Å². The Morgan fingerprint density at radius 3 is 2.69 bits per heavy atom. The van der Waals surface area contributed by atoms with E-state index in [0.717, 1.165) is 17.7 Å². The number of carbonyl (C=O) groups excluding carboxylic acids is 1. The molecule has 0 spiro atoms. The number of amides is 1. The zero-order chi connectivity index (χ0) is 12.1. The number of hydrogen-bond acceptors (Lipinski definition) is 2. The lowest BCUT2D eigenvalue weighted by Crippen LogP contribution is -2.09. The van der Waals surface area contributed by atoms with E-state index in [4.69, 9.17) is 16.7 Å². The number of aliphatic carboxylic acids is 1. The Labute approximate surface area is 97.5 Å². The van der Waals surface area contributed by atoms with Crippen LogP contribution in [0.5, 0.6) is 0 Å². The van der Waals surface area contributed by atoms with Gasteiger partial charge in [-0.05, 0) is 24.6 Å². The van der Waals surface area contributed by atoms with Crippen LogP contribution in [0.15, 0.2) is 30.4 Å². The van der Waals surface area contributed by atoms with Crippen molar-refractivity contribution in [3.05, 3.63) is 40.9 Å². The van der Waals surface area contributed by atoms with E-state index in [2.05, 4.69) is 5.32 Å². The molecule has 0 atom stereocenters. The second-order valence-electron chi connectivity index (χ2n) is 3.14. The summed E-state index contributed by atoms with van der Waals surface area (Å²) in [5, 5.41) is 11.2. The van der Waals surface area contributed by atoms with Gasteiger partial charge < -0.3 is 10.4 Å². The Kier molecular flexibility index (Phi) is 4.08. The average Bonchev–Trinajstić information content (AvgIpc) is 2.20. The minimum Gasteiger partial charge on any atom is -0.478 e. The minimum absolute atomic E-state index is 0.405. The molecule has 0 fully saturated rings. The summed E-state index contributed by atoms with van der Waals surface area (Å²) in [6.07, 6.45) is 1.69. The fourth-order valence-corrected chi connectivity index (χ4v) is 1.22. The molecule has 4 nitrogen and oxygen atoms in total. The molecule has 0 aliphatic rings. The van der Waals surface area contributed by atoms with Crippen molar-refractivity contribution in [3.8, 4) is 0 Å². The molecule has 0 heterocycles. The summed E-state index contributed by atoms with van der Waals surface area (Å²) in [6.45, 7) is 1.86. The van der Waals surface area contributed by atoms with Gasteiger partial charge in [0, 0.05) is 12.2 Å². The maximum Gasteiger partial charge on any atom is 0.328 e. The first kappa shape index (κ1) is 12.3. The van der Waals surface area contributed by atoms with Crippen molar-refractivity contribution < 1.29 is 14.7 Å². The maximum atomic E-state index is 11.3. The molecule has 0 saturated carbocycles. The summed E-state index contributed by atoms with van der Waals surface area (Å²) in [6, 6.07) is 5.17. The van der Waals surface area contributed by atoms with Crippen LogP contribution in [-0.4, -0.2) is 17.0 Å². The van der Waals surface area contributed by atoms with Crippen molar-refractivity contribution in [1.29, 1.82) is 0 Å². The molecule has 0 aromatic heterocycles. The summed E-state index contributed by atoms with van der Waals surface area (Å²) >= 11 is 5.85. The summed E-state index contributed by atoms with van der Waals surface area (Å²) in [5.41, 5.74) is 1.41. The zero-order valence-corrected chi connectivity index (χ0v) is 9.28. The number of benzene rings is 1. The lowest BCUT2D eigenvalue weighted by atomic mass is 10.2. The van der Waals surface area contributed by atoms with Gasteiger partial charge in [0.1, 0.15) is 0 Å². The Balaban J connectivity index is 2.77. The molecule has 0 aliphatic heterocycles. The molecule has 1 aromatic carbocycles. The van der Waals surface area contributed by atoms with Gasteiger partial charge in [-0.2, -0.15) is 0 Å². The van der Waals surface area contributed by atoms with Crippen LogP contribution >= 0.6 is 11.6 Å². The lowest BCUT2D eigenvalue weighted by molar-refractivity contribution is -0.131. The van der Waals surface area contributed by atoms with Crippen LogP contribution < -0.4 is 5.32 Å². The normalized spacial score (nSPS) is 10.4. The van der Waals surface area contributed by atoms with E-state index in [1.807, 2.05) is 13.0 Å². The number of carboxylic acid groups (broad SMARTS) is 1. The summed E-state index contributed by atoms with van der Waals surface area (Å²) < 4.78 is 0. The molecule has 84 valence electrons. The topological polar surface area (TPSA) is 66.4 Å². The molecule has 0 saturated heterocycles. The van der Waals surface area contributed by atoms with Crippen molar-refractivity contribution in [2.24, 2.45) is 0 Å². The van der Waals surface area contributed by atoms with E-state index >= 15 is 0 Å². The number of carboxylic acids is 1. The van der Waals surface area contributed by atoms with Crippen molar-refractivity contribution in [2.75, 3.05) is 5.32 Å². The van der Waals surface area contributed by atoms with E-state index < -0.39 is 11.9 Å². The van der Waals surface area contributed by atoms with Crippen LogP contribution in [0.1, 0.15) is 5.56 Å². The van der Waals surface area contributed by atoms with Gasteiger partial charge in [-0.3, -0.25) is 4.79 Å². The first-order chi connectivity index (χ1) is 7.49. The van der Waals surface area contributed by atoms with E-state index in [9.17, 15) is 9.59 Å². The minimum atomic E-state index is -1.18. The van der Waals surface area contributed by atoms with Crippen molar-refractivity contribution in [1.82, 2.24) is 0 Å². The molecule has 1 rings (SSSR count). The van der Waals surface area contributed by atoms with Crippen molar-refractivity contribution >= 4 is 29.2 Å². The first-order valence-electron chi connectivity index (χ1n) is 4.47. The number of anilines is 1. The second kappa shape index (κ2) is 5.32. The summed E-state index contributed by atoms with van der Waals surface area (Å²) in [5.74, 6) is -1.71. The Bertz CT molecular complexity index is 455. The van der Waals surface area contributed by atoms with Crippen LogP contribution in [-0.2, 0) is 9.59 Å². The van der Waals surface area contributed by atoms with E-state index in [-0.39, 0.29) is 0 Å². The summed E-state index contributed by atoms with van der Waals surface area (Å²) in [4.78, 5) is 21.4. The smallest absolute Gasteiger partial charge is 0.328 e. The number of aryl methyl sites for hydroxylation is 1. The number of rotatable bonds is 3. The molecule has 0 unspecified atom stereocenters. The molecule has 2 N–H and O–H groups in total. The number of carbonyl (C=O) groups is 2. The molecule has 1 aromatic rings. The van der Waals surface area contributed by atoms with Gasteiger partial charge in [0.05, 0.1) is 10.7 Å². The Morgan fingerprint density at radius 2 is 2.06 bits per heavy atom. The van der Waals surface area contributed by atoms with Gasteiger partial charge in [0.15, 0.2) is 0 Å². The number of nitrogens with one attached hydrogen (secondary N) is 1. The van der Waals surface area contributed by atoms with Crippen molar-refractivity contribution in [2.45, 2.75) is 6.92 Å². The lowest BCUT2D eigenvalue weighted by Gasteiger charge is -2.05. The highest BCUT2D eigenvalue weighted by molar-refractivity contribution is 6.33. The van der Waals surface area contributed by atoms with Crippen LogP contribution in [0.4, 0.5) is 5.69 Å². The van der Waals surface area contributed by atoms with Gasteiger partial charge in [-0.15, -0.1) is 0 Å². The maximum absolute atomic E-state index is 11.3. The van der Waals surface area contributed by atoms with Gasteiger partial charge >= 0.3 is 5.97 Å². The van der Waals surface area contributed by atoms with Gasteiger partial charge in [0.2, 0.25) is 5.91 Å². The van der Waals surface area contributed by atoms with Gasteiger partial charge in [0.25, 0.3) is 0 Å². The Morgan fingerprint density at radius 1 is 1.38 bits per heavy atom. The molecule has 0 aliphatic carbocycles. The largest absolute Gasteiger partial charge is 0.478 e. The highest BCUT2D eigenvalue weighted by Gasteiger charge is 2.03. The highest BCUT2D eigenvalue weighted by Crippen LogP contribution is 2.22. The monoisotopic (exact) mass is 239 g/mol. The second-order valence-corrected chi connectivity index (χ2v) is 3.55. The third-order valence-corrected chi connectivity index (χ3v) is 2.09. The van der Waals surface area contributed by atoms with Crippen LogP contribution in [0.2, 0.25) is 5.02 Å². The van der Waals surface area contributed by atoms with E-state index in [1.165, 1.54) is 0 Å². The van der Waals surface area contributed by atoms with Crippen molar-refractivity contribution in [3.63, 3.8) is 0 Å².